The molecule has 120 valence electrons. The van der Waals surface area contributed by atoms with Crippen molar-refractivity contribution < 1.29 is 4.79 Å². The highest BCUT2D eigenvalue weighted by Gasteiger charge is 2.11. The van der Waals surface area contributed by atoms with Crippen LogP contribution in [0, 0.1) is 22.7 Å². The normalized spacial score (nSPS) is 9.84. The molecule has 3 aromatic rings. The first-order chi connectivity index (χ1) is 12.2. The molecule has 1 amide bonds. The van der Waals surface area contributed by atoms with Gasteiger partial charge in [-0.3, -0.25) is 20.1 Å². The van der Waals surface area contributed by atoms with Crippen LogP contribution in [0.2, 0.25) is 0 Å². The third kappa shape index (κ3) is 3.80. The molecular weight excluding hydrogens is 338 g/mol. The van der Waals surface area contributed by atoms with E-state index in [1.807, 2.05) is 12.1 Å². The summed E-state index contributed by atoms with van der Waals surface area (Å²) in [6.45, 7) is 0.214. The smallest absolute Gasteiger partial charge is 0.277 e. The first-order valence-electron chi connectivity index (χ1n) is 7.01. The van der Waals surface area contributed by atoms with Crippen molar-refractivity contribution in [2.75, 3.05) is 5.32 Å². The molecule has 0 fully saturated rings. The minimum absolute atomic E-state index is 0.171. The van der Waals surface area contributed by atoms with Crippen LogP contribution in [0.1, 0.15) is 16.1 Å². The SMILES string of the molecule is N#CC(C#N)=NCc1ccc2sc(NC(=O)c3cnccn3)nc2c1. The fourth-order valence-corrected chi connectivity index (χ4v) is 2.81. The highest BCUT2D eigenvalue weighted by molar-refractivity contribution is 7.22. The number of carbonyl (C=O) groups is 1. The van der Waals surface area contributed by atoms with E-state index in [1.165, 1.54) is 29.9 Å². The highest BCUT2D eigenvalue weighted by atomic mass is 32.1. The van der Waals surface area contributed by atoms with Crippen molar-refractivity contribution in [3.63, 3.8) is 0 Å². The number of anilines is 1. The fraction of sp³-hybridized carbons (Fsp3) is 0.0625. The standard InChI is InChI=1S/C16H9N7OS/c17-6-11(7-18)21-8-10-1-2-14-12(5-10)22-16(25-14)23-15(24)13-9-19-3-4-20-13/h1-5,9H,8H2,(H,22,23,24). The number of hydrogen-bond acceptors (Lipinski definition) is 8. The topological polar surface area (TPSA) is 128 Å². The Bertz CT molecular complexity index is 1030. The average molecular weight is 347 g/mol. The second-order valence-electron chi connectivity index (χ2n) is 4.75. The van der Waals surface area contributed by atoms with Crippen LogP contribution in [-0.2, 0) is 6.54 Å². The van der Waals surface area contributed by atoms with Gasteiger partial charge in [0.15, 0.2) is 5.13 Å². The zero-order valence-electron chi connectivity index (χ0n) is 12.7. The van der Waals surface area contributed by atoms with Crippen molar-refractivity contribution in [2.24, 2.45) is 4.99 Å². The molecule has 9 heteroatoms. The van der Waals surface area contributed by atoms with Crippen LogP contribution in [0.25, 0.3) is 10.2 Å². The molecule has 0 bridgehead atoms. The molecule has 0 unspecified atom stereocenters. The minimum Gasteiger partial charge on any atom is -0.296 e. The van der Waals surface area contributed by atoms with Gasteiger partial charge in [-0.25, -0.2) is 9.97 Å². The number of aromatic nitrogens is 3. The molecule has 8 nitrogen and oxygen atoms in total. The molecule has 0 spiro atoms. The van der Waals surface area contributed by atoms with Gasteiger partial charge in [0, 0.05) is 12.4 Å². The van der Waals surface area contributed by atoms with E-state index >= 15 is 0 Å². The van der Waals surface area contributed by atoms with Gasteiger partial charge in [-0.2, -0.15) is 10.5 Å². The van der Waals surface area contributed by atoms with Crippen molar-refractivity contribution in [2.45, 2.75) is 6.54 Å². The van der Waals surface area contributed by atoms with Gasteiger partial charge in [-0.1, -0.05) is 17.4 Å². The zero-order chi connectivity index (χ0) is 17.6. The van der Waals surface area contributed by atoms with E-state index in [2.05, 4.69) is 25.3 Å². The Kier molecular flexibility index (Phi) is 4.69. The number of thiazole rings is 1. The number of amides is 1. The number of nitrogens with one attached hydrogen (secondary N) is 1. The summed E-state index contributed by atoms with van der Waals surface area (Å²) in [4.78, 5) is 28.1. The van der Waals surface area contributed by atoms with Crippen LogP contribution in [0.15, 0.2) is 41.8 Å². The van der Waals surface area contributed by atoms with Crippen LogP contribution < -0.4 is 5.32 Å². The van der Waals surface area contributed by atoms with E-state index in [0.717, 1.165) is 10.3 Å². The van der Waals surface area contributed by atoms with E-state index in [1.54, 1.807) is 18.2 Å². The quantitative estimate of drug-likeness (QED) is 0.721. The third-order valence-corrected chi connectivity index (χ3v) is 4.05. The summed E-state index contributed by atoms with van der Waals surface area (Å²) in [5.41, 5.74) is 1.54. The van der Waals surface area contributed by atoms with Gasteiger partial charge in [0.05, 0.1) is 23.0 Å². The lowest BCUT2D eigenvalue weighted by atomic mass is 10.2. The van der Waals surface area contributed by atoms with Gasteiger partial charge < -0.3 is 0 Å². The summed E-state index contributed by atoms with van der Waals surface area (Å²) in [5.74, 6) is -0.385. The van der Waals surface area contributed by atoms with Gasteiger partial charge >= 0.3 is 0 Å². The summed E-state index contributed by atoms with van der Waals surface area (Å²) in [7, 11) is 0. The third-order valence-electron chi connectivity index (χ3n) is 3.10. The number of nitriles is 2. The number of benzene rings is 1. The number of fused-ring (bicyclic) bond motifs is 1. The van der Waals surface area contributed by atoms with Crippen LogP contribution in [0.5, 0.6) is 0 Å². The molecule has 0 aliphatic carbocycles. The average Bonchev–Trinajstić information content (AvgIpc) is 3.04. The number of carbonyl (C=O) groups excluding carboxylic acids is 1. The lowest BCUT2D eigenvalue weighted by Gasteiger charge is -1.98. The first kappa shape index (κ1) is 16.2. The Labute approximate surface area is 146 Å². The Morgan fingerprint density at radius 1 is 1.28 bits per heavy atom. The molecule has 0 aliphatic rings. The first-order valence-corrected chi connectivity index (χ1v) is 7.82. The van der Waals surface area contributed by atoms with E-state index < -0.39 is 0 Å². The molecule has 1 aromatic carbocycles. The Balaban J connectivity index is 1.79. The lowest BCUT2D eigenvalue weighted by Crippen LogP contribution is -2.13. The molecule has 2 aromatic heterocycles. The van der Waals surface area contributed by atoms with Gasteiger partial charge in [-0.15, -0.1) is 0 Å². The van der Waals surface area contributed by atoms with Crippen molar-refractivity contribution in [3.8, 4) is 12.1 Å². The maximum Gasteiger partial charge on any atom is 0.277 e. The molecule has 0 atom stereocenters. The number of rotatable bonds is 4. The van der Waals surface area contributed by atoms with Crippen molar-refractivity contribution >= 4 is 38.3 Å². The molecule has 0 saturated heterocycles. The molecular formula is C16H9N7OS. The van der Waals surface area contributed by atoms with Gasteiger partial charge in [0.1, 0.15) is 17.8 Å². The van der Waals surface area contributed by atoms with Crippen molar-refractivity contribution in [3.05, 3.63) is 48.0 Å². The lowest BCUT2D eigenvalue weighted by molar-refractivity contribution is 0.102. The van der Waals surface area contributed by atoms with Crippen molar-refractivity contribution in [1.29, 1.82) is 10.5 Å². The second-order valence-corrected chi connectivity index (χ2v) is 5.78. The van der Waals surface area contributed by atoms with Crippen LogP contribution in [-0.4, -0.2) is 26.6 Å². The largest absolute Gasteiger partial charge is 0.296 e. The number of hydrogen-bond donors (Lipinski definition) is 1. The number of aliphatic imine (C=N–C) groups is 1. The maximum absolute atomic E-state index is 12.1. The monoisotopic (exact) mass is 347 g/mol. The summed E-state index contributed by atoms with van der Waals surface area (Å²) in [6, 6.07) is 8.93. The van der Waals surface area contributed by atoms with E-state index in [9.17, 15) is 4.79 Å². The molecule has 0 aliphatic heterocycles. The van der Waals surface area contributed by atoms with E-state index in [-0.39, 0.29) is 23.9 Å². The van der Waals surface area contributed by atoms with E-state index in [4.69, 9.17) is 10.5 Å². The predicted octanol–water partition coefficient (Wildman–Crippen LogP) is 2.33. The van der Waals surface area contributed by atoms with Gasteiger partial charge in [0.25, 0.3) is 5.91 Å². The zero-order valence-corrected chi connectivity index (χ0v) is 13.5. The summed E-state index contributed by atoms with van der Waals surface area (Å²) in [6.07, 6.45) is 4.31. The van der Waals surface area contributed by atoms with Crippen LogP contribution in [0.4, 0.5) is 5.13 Å². The van der Waals surface area contributed by atoms with Gasteiger partial charge in [0.2, 0.25) is 5.71 Å². The Morgan fingerprint density at radius 3 is 2.84 bits per heavy atom. The maximum atomic E-state index is 12.1. The summed E-state index contributed by atoms with van der Waals surface area (Å²) >= 11 is 1.33. The predicted molar refractivity (Wildman–Crippen MR) is 92.0 cm³/mol. The molecule has 25 heavy (non-hydrogen) atoms. The van der Waals surface area contributed by atoms with Crippen LogP contribution >= 0.6 is 11.3 Å². The summed E-state index contributed by atoms with van der Waals surface area (Å²) < 4.78 is 0.892. The molecule has 0 saturated carbocycles. The summed E-state index contributed by atoms with van der Waals surface area (Å²) in [5, 5.41) is 20.5. The van der Waals surface area contributed by atoms with Crippen molar-refractivity contribution in [1.82, 2.24) is 15.0 Å². The highest BCUT2D eigenvalue weighted by Crippen LogP contribution is 2.27. The number of nitrogens with zero attached hydrogens (tertiary/aromatic N) is 6. The van der Waals surface area contributed by atoms with E-state index in [0.29, 0.717) is 10.6 Å². The molecule has 1 N–H and O–H groups in total. The molecule has 0 radical (unpaired) electrons. The second kappa shape index (κ2) is 7.25. The molecule has 2 heterocycles. The van der Waals surface area contributed by atoms with Gasteiger partial charge in [-0.05, 0) is 17.7 Å². The Morgan fingerprint density at radius 2 is 2.12 bits per heavy atom. The minimum atomic E-state index is -0.385. The molecule has 3 rings (SSSR count). The van der Waals surface area contributed by atoms with Crippen LogP contribution in [0.3, 0.4) is 0 Å². The fourth-order valence-electron chi connectivity index (χ4n) is 1.97. The Hall–Kier alpha value is -3.69.